The Kier molecular flexibility index (Phi) is 5.44. The summed E-state index contributed by atoms with van der Waals surface area (Å²) in [6.07, 6.45) is 2.35. The van der Waals surface area contributed by atoms with Gasteiger partial charge in [0, 0.05) is 0 Å². The van der Waals surface area contributed by atoms with E-state index in [2.05, 4.69) is 123 Å². The Morgan fingerprint density at radius 1 is 0.724 bits per heavy atom. The Morgan fingerprint density at radius 2 is 1.28 bits per heavy atom. The first-order valence-electron chi connectivity index (χ1n) is 10.6. The highest BCUT2D eigenvalue weighted by Gasteiger charge is 2.27. The van der Waals surface area contributed by atoms with Crippen LogP contribution in [0.2, 0.25) is 0 Å². The molecular weight excluding hydrogens is 352 g/mol. The quantitative estimate of drug-likeness (QED) is 0.509. The summed E-state index contributed by atoms with van der Waals surface area (Å²) in [5.41, 5.74) is 11.4. The molecule has 1 N–H and O–H groups in total. The molecule has 0 saturated heterocycles. The molecule has 2 heteroatoms. The van der Waals surface area contributed by atoms with E-state index < -0.39 is 0 Å². The van der Waals surface area contributed by atoms with Crippen LogP contribution in [0.25, 0.3) is 5.70 Å². The molecule has 1 aliphatic heterocycles. The molecule has 0 saturated carbocycles. The SMILES string of the molecule is CC(C)c1cc(C2=CC(c3ccccc3)N(c3ccccc3)N2)cc(C(C)C)c1. The van der Waals surface area contributed by atoms with Crippen molar-refractivity contribution in [3.8, 4) is 0 Å². The summed E-state index contributed by atoms with van der Waals surface area (Å²) >= 11 is 0. The zero-order valence-corrected chi connectivity index (χ0v) is 17.8. The van der Waals surface area contributed by atoms with Gasteiger partial charge in [-0.05, 0) is 64.4 Å². The lowest BCUT2D eigenvalue weighted by molar-refractivity contribution is 0.724. The van der Waals surface area contributed by atoms with Gasteiger partial charge in [-0.15, -0.1) is 0 Å². The molecule has 0 aliphatic carbocycles. The van der Waals surface area contributed by atoms with Crippen molar-refractivity contribution in [2.24, 2.45) is 0 Å². The molecule has 0 fully saturated rings. The van der Waals surface area contributed by atoms with Crippen molar-refractivity contribution in [1.29, 1.82) is 0 Å². The molecule has 0 amide bonds. The molecule has 148 valence electrons. The van der Waals surface area contributed by atoms with Gasteiger partial charge in [0.25, 0.3) is 0 Å². The summed E-state index contributed by atoms with van der Waals surface area (Å²) in [4.78, 5) is 0. The average Bonchev–Trinajstić information content (AvgIpc) is 3.20. The largest absolute Gasteiger partial charge is 0.297 e. The number of hydrogen-bond donors (Lipinski definition) is 1. The van der Waals surface area contributed by atoms with Gasteiger partial charge in [-0.1, -0.05) is 82.3 Å². The summed E-state index contributed by atoms with van der Waals surface area (Å²) in [5, 5.41) is 2.27. The van der Waals surface area contributed by atoms with Crippen molar-refractivity contribution in [1.82, 2.24) is 5.43 Å². The van der Waals surface area contributed by atoms with Crippen LogP contribution in [-0.2, 0) is 0 Å². The minimum absolute atomic E-state index is 0.152. The van der Waals surface area contributed by atoms with Crippen LogP contribution in [0.4, 0.5) is 5.69 Å². The Labute approximate surface area is 174 Å². The van der Waals surface area contributed by atoms with Crippen LogP contribution in [0.5, 0.6) is 0 Å². The van der Waals surface area contributed by atoms with Gasteiger partial charge in [0.2, 0.25) is 0 Å². The first-order valence-corrected chi connectivity index (χ1v) is 10.6. The highest BCUT2D eigenvalue weighted by Crippen LogP contribution is 2.36. The molecular formula is C27H30N2. The maximum Gasteiger partial charge on any atom is 0.0958 e. The lowest BCUT2D eigenvalue weighted by Gasteiger charge is -2.27. The maximum atomic E-state index is 3.70. The predicted octanol–water partition coefficient (Wildman–Crippen LogP) is 7.04. The number of anilines is 1. The van der Waals surface area contributed by atoms with E-state index in [1.807, 2.05) is 0 Å². The average molecular weight is 383 g/mol. The van der Waals surface area contributed by atoms with Gasteiger partial charge in [0.1, 0.15) is 0 Å². The van der Waals surface area contributed by atoms with Gasteiger partial charge in [-0.3, -0.25) is 10.4 Å². The number of hydrogen-bond acceptors (Lipinski definition) is 2. The Balaban J connectivity index is 1.78. The van der Waals surface area contributed by atoms with E-state index in [1.165, 1.54) is 28.0 Å². The molecule has 4 rings (SSSR count). The molecule has 29 heavy (non-hydrogen) atoms. The Bertz CT molecular complexity index is 961. The molecule has 0 bridgehead atoms. The van der Waals surface area contributed by atoms with Crippen molar-refractivity contribution >= 4 is 11.4 Å². The molecule has 0 radical (unpaired) electrons. The molecule has 1 unspecified atom stereocenters. The van der Waals surface area contributed by atoms with Gasteiger partial charge in [0.05, 0.1) is 17.4 Å². The van der Waals surface area contributed by atoms with Crippen molar-refractivity contribution in [3.63, 3.8) is 0 Å². The van der Waals surface area contributed by atoms with E-state index in [1.54, 1.807) is 0 Å². The first kappa shape index (κ1) is 19.3. The summed E-state index contributed by atoms with van der Waals surface area (Å²) in [6, 6.07) is 28.4. The first-order chi connectivity index (χ1) is 14.0. The zero-order chi connectivity index (χ0) is 20.4. The second-order valence-electron chi connectivity index (χ2n) is 8.45. The third-order valence-electron chi connectivity index (χ3n) is 5.64. The second-order valence-corrected chi connectivity index (χ2v) is 8.45. The van der Waals surface area contributed by atoms with Crippen LogP contribution in [0.3, 0.4) is 0 Å². The zero-order valence-electron chi connectivity index (χ0n) is 17.8. The minimum Gasteiger partial charge on any atom is -0.297 e. The number of rotatable bonds is 5. The van der Waals surface area contributed by atoms with Gasteiger partial charge in [-0.25, -0.2) is 0 Å². The molecule has 0 aromatic heterocycles. The molecule has 0 spiro atoms. The highest BCUT2D eigenvalue weighted by molar-refractivity contribution is 5.73. The third kappa shape index (κ3) is 4.07. The van der Waals surface area contributed by atoms with Crippen LogP contribution in [-0.4, -0.2) is 0 Å². The lowest BCUT2D eigenvalue weighted by Crippen LogP contribution is -2.33. The molecule has 2 nitrogen and oxygen atoms in total. The fourth-order valence-electron chi connectivity index (χ4n) is 3.84. The summed E-state index contributed by atoms with van der Waals surface area (Å²) in [6.45, 7) is 9.07. The molecule has 1 atom stereocenters. The fraction of sp³-hybridized carbons (Fsp3) is 0.259. The van der Waals surface area contributed by atoms with Crippen LogP contribution in [0.15, 0.2) is 84.9 Å². The normalized spacial score (nSPS) is 16.3. The summed E-state index contributed by atoms with van der Waals surface area (Å²) in [7, 11) is 0. The van der Waals surface area contributed by atoms with Gasteiger partial charge in [0.15, 0.2) is 0 Å². The lowest BCUT2D eigenvalue weighted by atomic mass is 9.92. The molecule has 1 aliphatic rings. The van der Waals surface area contributed by atoms with Crippen molar-refractivity contribution in [3.05, 3.63) is 107 Å². The van der Waals surface area contributed by atoms with Crippen molar-refractivity contribution in [2.45, 2.75) is 45.6 Å². The Hall–Kier alpha value is -3.00. The predicted molar refractivity (Wildman–Crippen MR) is 124 cm³/mol. The van der Waals surface area contributed by atoms with E-state index in [0.717, 1.165) is 5.69 Å². The molecule has 1 heterocycles. The van der Waals surface area contributed by atoms with E-state index in [-0.39, 0.29) is 6.04 Å². The van der Waals surface area contributed by atoms with Crippen molar-refractivity contribution in [2.75, 3.05) is 5.01 Å². The van der Waals surface area contributed by atoms with Crippen molar-refractivity contribution < 1.29 is 0 Å². The van der Waals surface area contributed by atoms with E-state index >= 15 is 0 Å². The molecule has 3 aromatic rings. The van der Waals surface area contributed by atoms with E-state index in [4.69, 9.17) is 0 Å². The maximum absolute atomic E-state index is 3.70. The molecule has 3 aromatic carbocycles. The smallest absolute Gasteiger partial charge is 0.0958 e. The van der Waals surface area contributed by atoms with Crippen LogP contribution < -0.4 is 10.4 Å². The number of hydrazine groups is 1. The Morgan fingerprint density at radius 3 is 1.83 bits per heavy atom. The number of benzene rings is 3. The number of para-hydroxylation sites is 1. The minimum atomic E-state index is 0.152. The summed E-state index contributed by atoms with van der Waals surface area (Å²) in [5.74, 6) is 1.01. The highest BCUT2D eigenvalue weighted by atomic mass is 15.5. The van der Waals surface area contributed by atoms with Gasteiger partial charge >= 0.3 is 0 Å². The van der Waals surface area contributed by atoms with Crippen LogP contribution in [0.1, 0.15) is 67.8 Å². The van der Waals surface area contributed by atoms with E-state index in [9.17, 15) is 0 Å². The monoisotopic (exact) mass is 382 g/mol. The van der Waals surface area contributed by atoms with Crippen LogP contribution in [0, 0.1) is 0 Å². The third-order valence-corrected chi connectivity index (χ3v) is 5.64. The van der Waals surface area contributed by atoms with Gasteiger partial charge in [-0.2, -0.15) is 0 Å². The van der Waals surface area contributed by atoms with Crippen LogP contribution >= 0.6 is 0 Å². The van der Waals surface area contributed by atoms with Gasteiger partial charge < -0.3 is 0 Å². The number of nitrogens with zero attached hydrogens (tertiary/aromatic N) is 1. The van der Waals surface area contributed by atoms with E-state index in [0.29, 0.717) is 11.8 Å². The standard InChI is InChI=1S/C27H30N2/c1-19(2)22-15-23(20(3)4)17-24(16-22)26-18-27(21-11-7-5-8-12-21)29(28-26)25-13-9-6-10-14-25/h5-20,27-28H,1-4H3. The summed E-state index contributed by atoms with van der Waals surface area (Å²) < 4.78 is 0. The second kappa shape index (κ2) is 8.16. The number of nitrogens with one attached hydrogen (secondary N) is 1. The fourth-order valence-corrected chi connectivity index (χ4v) is 3.84. The topological polar surface area (TPSA) is 15.3 Å².